The van der Waals surface area contributed by atoms with Crippen molar-refractivity contribution in [3.8, 4) is 0 Å². The monoisotopic (exact) mass is 222 g/mol. The van der Waals surface area contributed by atoms with Crippen molar-refractivity contribution in [2.24, 2.45) is 0 Å². The van der Waals surface area contributed by atoms with E-state index in [0.29, 0.717) is 0 Å². The predicted octanol–water partition coefficient (Wildman–Crippen LogP) is 1.19. The summed E-state index contributed by atoms with van der Waals surface area (Å²) < 4.78 is 5.38. The van der Waals surface area contributed by atoms with E-state index in [1.54, 1.807) is 13.3 Å². The fourth-order valence-electron chi connectivity index (χ4n) is 2.16. The van der Waals surface area contributed by atoms with Crippen LogP contribution in [-0.2, 0) is 11.3 Å². The van der Waals surface area contributed by atoms with Crippen LogP contribution in [0, 0.1) is 0 Å². The summed E-state index contributed by atoms with van der Waals surface area (Å²) in [5.41, 5.74) is 0.888. The number of aromatic nitrogens is 1. The second-order valence-electron chi connectivity index (χ2n) is 4.09. The van der Waals surface area contributed by atoms with E-state index in [0.717, 1.165) is 37.3 Å². The molecule has 0 saturated carbocycles. The third-order valence-corrected chi connectivity index (χ3v) is 3.05. The highest BCUT2D eigenvalue weighted by Crippen LogP contribution is 2.22. The van der Waals surface area contributed by atoms with Crippen molar-refractivity contribution in [2.45, 2.75) is 25.6 Å². The van der Waals surface area contributed by atoms with Crippen molar-refractivity contribution in [2.75, 3.05) is 25.1 Å². The lowest BCUT2D eigenvalue weighted by atomic mass is 10.1. The minimum Gasteiger partial charge on any atom is -0.392 e. The third kappa shape index (κ3) is 2.33. The van der Waals surface area contributed by atoms with Crippen LogP contribution < -0.4 is 4.90 Å². The summed E-state index contributed by atoms with van der Waals surface area (Å²) in [5, 5.41) is 9.27. The molecule has 16 heavy (non-hydrogen) atoms. The normalized spacial score (nSPS) is 21.1. The van der Waals surface area contributed by atoms with Crippen LogP contribution in [0.4, 0.5) is 5.82 Å². The van der Waals surface area contributed by atoms with E-state index in [4.69, 9.17) is 4.74 Å². The number of ether oxygens (including phenoxy) is 1. The predicted molar refractivity (Wildman–Crippen MR) is 62.4 cm³/mol. The van der Waals surface area contributed by atoms with Gasteiger partial charge in [0, 0.05) is 32.0 Å². The molecular formula is C12H18N2O2. The number of aliphatic hydroxyl groups is 1. The average Bonchev–Trinajstić information content (AvgIpc) is 2.38. The first-order valence-electron chi connectivity index (χ1n) is 5.67. The van der Waals surface area contributed by atoms with Crippen LogP contribution in [0.15, 0.2) is 18.3 Å². The van der Waals surface area contributed by atoms with Gasteiger partial charge in [-0.25, -0.2) is 4.98 Å². The van der Waals surface area contributed by atoms with E-state index < -0.39 is 0 Å². The molecule has 1 unspecified atom stereocenters. The number of hydrogen-bond donors (Lipinski definition) is 1. The lowest BCUT2D eigenvalue weighted by Crippen LogP contribution is -2.40. The Balaban J connectivity index is 2.16. The maximum Gasteiger partial charge on any atom is 0.134 e. The van der Waals surface area contributed by atoms with Crippen molar-refractivity contribution < 1.29 is 9.84 Å². The number of methoxy groups -OCH3 is 1. The largest absolute Gasteiger partial charge is 0.392 e. The van der Waals surface area contributed by atoms with Crippen molar-refractivity contribution in [3.05, 3.63) is 23.9 Å². The van der Waals surface area contributed by atoms with Crippen molar-refractivity contribution in [1.29, 1.82) is 0 Å². The number of aliphatic hydroxyl groups excluding tert-OH is 1. The van der Waals surface area contributed by atoms with Crippen LogP contribution in [0.5, 0.6) is 0 Å². The maximum absolute atomic E-state index is 9.27. The van der Waals surface area contributed by atoms with Gasteiger partial charge in [-0.05, 0) is 18.9 Å². The Morgan fingerprint density at radius 3 is 3.25 bits per heavy atom. The van der Waals surface area contributed by atoms with Crippen LogP contribution in [0.2, 0.25) is 0 Å². The Bertz CT molecular complexity index is 344. The van der Waals surface area contributed by atoms with E-state index in [1.807, 2.05) is 12.1 Å². The fraction of sp³-hybridized carbons (Fsp3) is 0.583. The van der Waals surface area contributed by atoms with Gasteiger partial charge >= 0.3 is 0 Å². The first-order valence-corrected chi connectivity index (χ1v) is 5.67. The van der Waals surface area contributed by atoms with Gasteiger partial charge in [0.15, 0.2) is 0 Å². The zero-order chi connectivity index (χ0) is 11.4. The van der Waals surface area contributed by atoms with Crippen molar-refractivity contribution in [3.63, 3.8) is 0 Å². The van der Waals surface area contributed by atoms with Crippen LogP contribution >= 0.6 is 0 Å². The Labute approximate surface area is 95.9 Å². The molecule has 1 fully saturated rings. The molecule has 0 bridgehead atoms. The van der Waals surface area contributed by atoms with Gasteiger partial charge in [-0.1, -0.05) is 6.07 Å². The van der Waals surface area contributed by atoms with Crippen molar-refractivity contribution >= 4 is 5.82 Å². The smallest absolute Gasteiger partial charge is 0.134 e. The van der Waals surface area contributed by atoms with Gasteiger partial charge in [0.2, 0.25) is 0 Å². The zero-order valence-corrected chi connectivity index (χ0v) is 9.59. The van der Waals surface area contributed by atoms with Crippen LogP contribution in [0.3, 0.4) is 0 Å². The third-order valence-electron chi connectivity index (χ3n) is 3.05. The maximum atomic E-state index is 9.27. The second kappa shape index (κ2) is 5.27. The van der Waals surface area contributed by atoms with Gasteiger partial charge in [-0.3, -0.25) is 0 Å². The first-order chi connectivity index (χ1) is 7.85. The number of pyridine rings is 1. The molecule has 1 atom stereocenters. The Morgan fingerprint density at radius 2 is 2.50 bits per heavy atom. The summed E-state index contributed by atoms with van der Waals surface area (Å²) >= 11 is 0. The molecular weight excluding hydrogens is 204 g/mol. The van der Waals surface area contributed by atoms with Gasteiger partial charge in [0.25, 0.3) is 0 Å². The molecule has 0 aromatic carbocycles. The highest BCUT2D eigenvalue weighted by atomic mass is 16.5. The van der Waals surface area contributed by atoms with Gasteiger partial charge in [-0.2, -0.15) is 0 Å². The summed E-state index contributed by atoms with van der Waals surface area (Å²) in [7, 11) is 1.75. The number of anilines is 1. The van der Waals surface area contributed by atoms with Gasteiger partial charge in [0.05, 0.1) is 12.7 Å². The molecule has 0 aliphatic carbocycles. The average molecular weight is 222 g/mol. The molecule has 1 aromatic rings. The Morgan fingerprint density at radius 1 is 1.62 bits per heavy atom. The van der Waals surface area contributed by atoms with Crippen LogP contribution in [-0.4, -0.2) is 36.4 Å². The molecule has 0 amide bonds. The minimum absolute atomic E-state index is 0.0390. The Hall–Kier alpha value is -1.13. The van der Waals surface area contributed by atoms with E-state index in [9.17, 15) is 5.11 Å². The number of hydrogen-bond acceptors (Lipinski definition) is 4. The standard InChI is InChI=1S/C12H18N2O2/c1-16-11-5-3-7-14(8-11)12-10(9-15)4-2-6-13-12/h2,4,6,11,15H,3,5,7-9H2,1H3. The van der Waals surface area contributed by atoms with E-state index >= 15 is 0 Å². The molecule has 1 saturated heterocycles. The van der Waals surface area contributed by atoms with Crippen LogP contribution in [0.1, 0.15) is 18.4 Å². The zero-order valence-electron chi connectivity index (χ0n) is 9.59. The molecule has 1 aliphatic rings. The van der Waals surface area contributed by atoms with Gasteiger partial charge in [0.1, 0.15) is 5.82 Å². The van der Waals surface area contributed by atoms with E-state index in [-0.39, 0.29) is 12.7 Å². The number of nitrogens with zero attached hydrogens (tertiary/aromatic N) is 2. The fourth-order valence-corrected chi connectivity index (χ4v) is 2.16. The molecule has 2 heterocycles. The summed E-state index contributed by atoms with van der Waals surface area (Å²) in [6.07, 6.45) is 4.27. The van der Waals surface area contributed by atoms with Gasteiger partial charge in [-0.15, -0.1) is 0 Å². The number of rotatable bonds is 3. The first kappa shape index (κ1) is 11.4. The molecule has 1 aromatic heterocycles. The van der Waals surface area contributed by atoms with E-state index in [2.05, 4.69) is 9.88 Å². The second-order valence-corrected chi connectivity index (χ2v) is 4.09. The molecule has 0 spiro atoms. The molecule has 4 nitrogen and oxygen atoms in total. The lowest BCUT2D eigenvalue weighted by Gasteiger charge is -2.33. The Kier molecular flexibility index (Phi) is 3.74. The summed E-state index contributed by atoms with van der Waals surface area (Å²) in [6, 6.07) is 3.77. The molecule has 0 radical (unpaired) electrons. The molecule has 88 valence electrons. The lowest BCUT2D eigenvalue weighted by molar-refractivity contribution is 0.0890. The molecule has 1 aliphatic heterocycles. The molecule has 4 heteroatoms. The van der Waals surface area contributed by atoms with Gasteiger partial charge < -0.3 is 14.7 Å². The quantitative estimate of drug-likeness (QED) is 0.834. The molecule has 2 rings (SSSR count). The number of piperidine rings is 1. The van der Waals surface area contributed by atoms with Crippen molar-refractivity contribution in [1.82, 2.24) is 4.98 Å². The SMILES string of the molecule is COC1CCCN(c2ncccc2CO)C1. The minimum atomic E-state index is 0.0390. The summed E-state index contributed by atoms with van der Waals surface area (Å²) in [4.78, 5) is 6.55. The summed E-state index contributed by atoms with van der Waals surface area (Å²) in [6.45, 7) is 1.89. The highest BCUT2D eigenvalue weighted by Gasteiger charge is 2.21. The highest BCUT2D eigenvalue weighted by molar-refractivity contribution is 5.46. The van der Waals surface area contributed by atoms with Crippen LogP contribution in [0.25, 0.3) is 0 Å². The topological polar surface area (TPSA) is 45.6 Å². The van der Waals surface area contributed by atoms with E-state index in [1.165, 1.54) is 0 Å². The summed E-state index contributed by atoms with van der Waals surface area (Å²) in [5.74, 6) is 0.895. The molecule has 1 N–H and O–H groups in total.